The molecule has 18 heavy (non-hydrogen) atoms. The fourth-order valence-corrected chi connectivity index (χ4v) is 2.07. The van der Waals surface area contributed by atoms with Crippen molar-refractivity contribution in [1.82, 2.24) is 0 Å². The van der Waals surface area contributed by atoms with Gasteiger partial charge in [-0.3, -0.25) is 0 Å². The molecular weight excluding hydrogens is 236 g/mol. The molecule has 3 aromatic rings. The Bertz CT molecular complexity index is 781. The van der Waals surface area contributed by atoms with Gasteiger partial charge in [-0.25, -0.2) is 4.79 Å². The third kappa shape index (κ3) is 1.30. The number of hydrogen-bond acceptors (Lipinski definition) is 5. The average Bonchev–Trinajstić information content (AvgIpc) is 2.85. The van der Waals surface area contributed by atoms with E-state index in [-0.39, 0.29) is 0 Å². The van der Waals surface area contributed by atoms with E-state index >= 15 is 0 Å². The number of benzene rings is 1. The first-order chi connectivity index (χ1) is 8.76. The minimum atomic E-state index is -0.439. The lowest BCUT2D eigenvalue weighted by Crippen LogP contribution is -1.98. The molecule has 5 heteroatoms. The van der Waals surface area contributed by atoms with E-state index in [1.165, 1.54) is 20.3 Å². The number of fused-ring (bicyclic) bond motifs is 3. The normalized spacial score (nSPS) is 11.0. The summed E-state index contributed by atoms with van der Waals surface area (Å²) < 4.78 is 21.1. The molecule has 0 unspecified atom stereocenters. The summed E-state index contributed by atoms with van der Waals surface area (Å²) in [5.74, 6) is 0.770. The highest BCUT2D eigenvalue weighted by Crippen LogP contribution is 2.43. The van der Waals surface area contributed by atoms with Gasteiger partial charge in [-0.1, -0.05) is 0 Å². The van der Waals surface area contributed by atoms with Gasteiger partial charge < -0.3 is 18.3 Å². The van der Waals surface area contributed by atoms with E-state index in [0.29, 0.717) is 22.7 Å². The molecule has 0 saturated heterocycles. The minimum Gasteiger partial charge on any atom is -0.490 e. The Labute approximate surface area is 102 Å². The highest BCUT2D eigenvalue weighted by Gasteiger charge is 2.20. The Kier molecular flexibility index (Phi) is 2.26. The van der Waals surface area contributed by atoms with E-state index in [1.54, 1.807) is 18.4 Å². The Morgan fingerprint density at radius 2 is 1.61 bits per heavy atom. The second-order valence-corrected chi connectivity index (χ2v) is 3.73. The molecular formula is C13H10O5. The maximum Gasteiger partial charge on any atom is 0.336 e. The number of ether oxygens (including phenoxy) is 2. The summed E-state index contributed by atoms with van der Waals surface area (Å²) in [6.07, 6.45) is 1.55. The number of hydrogen-bond donors (Lipinski definition) is 0. The summed E-state index contributed by atoms with van der Waals surface area (Å²) in [7, 11) is 2.99. The maximum absolute atomic E-state index is 11.3. The monoisotopic (exact) mass is 246 g/mol. The summed E-state index contributed by atoms with van der Waals surface area (Å²) in [6, 6.07) is 4.83. The Balaban J connectivity index is 2.63. The van der Waals surface area contributed by atoms with Gasteiger partial charge in [-0.15, -0.1) is 0 Å². The molecule has 0 atom stereocenters. The van der Waals surface area contributed by atoms with Gasteiger partial charge in [0.1, 0.15) is 0 Å². The molecule has 0 N–H and O–H groups in total. The first-order valence-corrected chi connectivity index (χ1v) is 5.31. The maximum atomic E-state index is 11.3. The van der Waals surface area contributed by atoms with E-state index in [2.05, 4.69) is 0 Å². The first kappa shape index (κ1) is 10.7. The van der Waals surface area contributed by atoms with Crippen LogP contribution < -0.4 is 15.1 Å². The predicted octanol–water partition coefficient (Wildman–Crippen LogP) is 2.56. The van der Waals surface area contributed by atoms with Crippen LogP contribution in [0.25, 0.3) is 21.9 Å². The zero-order chi connectivity index (χ0) is 12.7. The van der Waals surface area contributed by atoms with Gasteiger partial charge >= 0.3 is 5.63 Å². The first-order valence-electron chi connectivity index (χ1n) is 5.31. The zero-order valence-electron chi connectivity index (χ0n) is 9.85. The van der Waals surface area contributed by atoms with Crippen molar-refractivity contribution in [2.45, 2.75) is 0 Å². The molecule has 1 aromatic carbocycles. The van der Waals surface area contributed by atoms with Crippen molar-refractivity contribution in [2.75, 3.05) is 14.2 Å². The van der Waals surface area contributed by atoms with Crippen LogP contribution in [-0.2, 0) is 0 Å². The van der Waals surface area contributed by atoms with Crippen LogP contribution in [0.15, 0.2) is 38.1 Å². The highest BCUT2D eigenvalue weighted by molar-refractivity contribution is 6.09. The molecule has 0 saturated carbocycles. The molecule has 0 bridgehead atoms. The SMILES string of the molecule is COc1c(OC)c2oc(=O)ccc2c2ccoc12. The standard InChI is InChI=1S/C13H10O5/c1-15-12-10-8(5-6-17-10)7-3-4-9(14)18-11(7)13(12)16-2/h3-6H,1-2H3. The van der Waals surface area contributed by atoms with Gasteiger partial charge in [0.15, 0.2) is 11.2 Å². The Morgan fingerprint density at radius 1 is 0.944 bits per heavy atom. The van der Waals surface area contributed by atoms with Gasteiger partial charge in [0, 0.05) is 16.8 Å². The van der Waals surface area contributed by atoms with Gasteiger partial charge in [0.2, 0.25) is 11.5 Å². The van der Waals surface area contributed by atoms with Crippen molar-refractivity contribution in [2.24, 2.45) is 0 Å². The average molecular weight is 246 g/mol. The fourth-order valence-electron chi connectivity index (χ4n) is 2.07. The van der Waals surface area contributed by atoms with Crippen molar-refractivity contribution < 1.29 is 18.3 Å². The van der Waals surface area contributed by atoms with Crippen molar-refractivity contribution >= 4 is 21.9 Å². The van der Waals surface area contributed by atoms with E-state index in [0.717, 1.165) is 10.8 Å². The molecule has 0 radical (unpaired) electrons. The number of methoxy groups -OCH3 is 2. The predicted molar refractivity (Wildman–Crippen MR) is 65.4 cm³/mol. The molecule has 0 spiro atoms. The van der Waals surface area contributed by atoms with Crippen LogP contribution >= 0.6 is 0 Å². The molecule has 0 aliphatic heterocycles. The summed E-state index contributed by atoms with van der Waals surface area (Å²) in [5.41, 5.74) is 0.483. The van der Waals surface area contributed by atoms with Crippen molar-refractivity contribution in [3.05, 3.63) is 34.9 Å². The van der Waals surface area contributed by atoms with E-state index in [9.17, 15) is 4.79 Å². The van der Waals surface area contributed by atoms with Crippen LogP contribution in [0.2, 0.25) is 0 Å². The summed E-state index contributed by atoms with van der Waals surface area (Å²) in [4.78, 5) is 11.3. The van der Waals surface area contributed by atoms with Crippen LogP contribution in [0.4, 0.5) is 0 Å². The molecule has 0 aliphatic rings. The molecule has 3 rings (SSSR count). The number of rotatable bonds is 2. The lowest BCUT2D eigenvalue weighted by atomic mass is 10.1. The van der Waals surface area contributed by atoms with E-state index < -0.39 is 5.63 Å². The Hall–Kier alpha value is -2.43. The van der Waals surface area contributed by atoms with Crippen LogP contribution in [0.3, 0.4) is 0 Å². The smallest absolute Gasteiger partial charge is 0.336 e. The molecule has 0 fully saturated rings. The third-order valence-corrected chi connectivity index (χ3v) is 2.82. The summed E-state index contributed by atoms with van der Waals surface area (Å²) >= 11 is 0. The second kappa shape index (κ2) is 3.80. The van der Waals surface area contributed by atoms with Gasteiger partial charge in [0.25, 0.3) is 0 Å². The van der Waals surface area contributed by atoms with Crippen molar-refractivity contribution in [1.29, 1.82) is 0 Å². The van der Waals surface area contributed by atoms with Crippen LogP contribution in [-0.4, -0.2) is 14.2 Å². The lowest BCUT2D eigenvalue weighted by Gasteiger charge is -2.10. The van der Waals surface area contributed by atoms with Crippen LogP contribution in [0.5, 0.6) is 11.5 Å². The minimum absolute atomic E-state index is 0.354. The van der Waals surface area contributed by atoms with Gasteiger partial charge in [-0.2, -0.15) is 0 Å². The molecule has 0 aliphatic carbocycles. The second-order valence-electron chi connectivity index (χ2n) is 3.73. The van der Waals surface area contributed by atoms with Crippen LogP contribution in [0.1, 0.15) is 0 Å². The van der Waals surface area contributed by atoms with Crippen molar-refractivity contribution in [3.63, 3.8) is 0 Å². The van der Waals surface area contributed by atoms with Gasteiger partial charge in [0.05, 0.1) is 20.5 Å². The lowest BCUT2D eigenvalue weighted by molar-refractivity contribution is 0.350. The largest absolute Gasteiger partial charge is 0.490 e. The topological polar surface area (TPSA) is 61.8 Å². The van der Waals surface area contributed by atoms with Crippen molar-refractivity contribution in [3.8, 4) is 11.5 Å². The molecule has 92 valence electrons. The number of furan rings is 1. The molecule has 0 amide bonds. The van der Waals surface area contributed by atoms with E-state index in [4.69, 9.17) is 18.3 Å². The highest BCUT2D eigenvalue weighted by atomic mass is 16.5. The third-order valence-electron chi connectivity index (χ3n) is 2.82. The quantitative estimate of drug-likeness (QED) is 0.650. The Morgan fingerprint density at radius 3 is 2.33 bits per heavy atom. The van der Waals surface area contributed by atoms with Gasteiger partial charge in [-0.05, 0) is 12.1 Å². The van der Waals surface area contributed by atoms with Crippen LogP contribution in [0, 0.1) is 0 Å². The summed E-state index contributed by atoms with van der Waals surface area (Å²) in [6.45, 7) is 0. The zero-order valence-corrected chi connectivity index (χ0v) is 9.85. The van der Waals surface area contributed by atoms with E-state index in [1.807, 2.05) is 0 Å². The summed E-state index contributed by atoms with van der Waals surface area (Å²) in [5, 5.41) is 1.56. The molecule has 5 nitrogen and oxygen atoms in total. The molecule has 2 aromatic heterocycles. The fraction of sp³-hybridized carbons (Fsp3) is 0.154. The molecule has 2 heterocycles.